The van der Waals surface area contributed by atoms with Crippen LogP contribution in [0.5, 0.6) is 0 Å². The van der Waals surface area contributed by atoms with Crippen molar-refractivity contribution in [3.63, 3.8) is 0 Å². The van der Waals surface area contributed by atoms with E-state index < -0.39 is 15.8 Å². The van der Waals surface area contributed by atoms with Crippen LogP contribution >= 0.6 is 0 Å². The number of rotatable bonds is 5. The topological polar surface area (TPSA) is 72.1 Å². The Kier molecular flexibility index (Phi) is 4.75. The molecule has 98 valence electrons. The molecule has 0 aliphatic rings. The molecule has 0 bridgehead atoms. The number of anilines is 1. The molecule has 0 unspecified atom stereocenters. The molecule has 2 rings (SSSR count). The maximum atomic E-state index is 12.0. The van der Waals surface area contributed by atoms with E-state index in [1.54, 1.807) is 31.3 Å². The van der Waals surface area contributed by atoms with Gasteiger partial charge in [0.2, 0.25) is 0 Å². The minimum absolute atomic E-state index is 0.219. The van der Waals surface area contributed by atoms with Gasteiger partial charge < -0.3 is 0 Å². The Hall–Kier alpha value is -1.61. The van der Waals surface area contributed by atoms with E-state index >= 15 is 0 Å². The normalized spacial score (nSPS) is 10.4. The Labute approximate surface area is 116 Å². The van der Waals surface area contributed by atoms with Gasteiger partial charge in [-0.1, -0.05) is 0 Å². The molecule has 0 fully saturated rings. The van der Waals surface area contributed by atoms with Crippen LogP contribution in [0.4, 0.5) is 5.69 Å². The number of amides is 1. The van der Waals surface area contributed by atoms with Crippen LogP contribution in [0.25, 0.3) is 0 Å². The molecule has 1 aromatic heterocycles. The summed E-state index contributed by atoms with van der Waals surface area (Å²) in [5.74, 6) is 0.0701. The van der Waals surface area contributed by atoms with Gasteiger partial charge in [-0.2, -0.15) is 0 Å². The van der Waals surface area contributed by atoms with Gasteiger partial charge in [0.1, 0.15) is 0 Å². The van der Waals surface area contributed by atoms with Crippen molar-refractivity contribution in [3.8, 4) is 0 Å². The monoisotopic (exact) mass is 323 g/mol. The molecule has 2 aromatic rings. The van der Waals surface area contributed by atoms with Crippen LogP contribution < -0.4 is 9.30 Å². The van der Waals surface area contributed by atoms with Crippen LogP contribution in [0.3, 0.4) is 0 Å². The van der Waals surface area contributed by atoms with E-state index in [4.69, 9.17) is 9.67 Å². The van der Waals surface area contributed by atoms with Crippen LogP contribution in [0.15, 0.2) is 47.1 Å². The van der Waals surface area contributed by atoms with Crippen LogP contribution in [-0.4, -0.2) is 34.0 Å². The fourth-order valence-electron chi connectivity index (χ4n) is 1.50. The predicted octanol–water partition coefficient (Wildman–Crippen LogP) is 1.22. The Morgan fingerprint density at radius 2 is 2.05 bits per heavy atom. The van der Waals surface area contributed by atoms with Crippen molar-refractivity contribution >= 4 is 31.8 Å². The summed E-state index contributed by atoms with van der Waals surface area (Å²) in [6, 6.07) is 10.5. The molecule has 0 atom stereocenters. The molecular formula is C12H11GeNO5. The molecule has 6 nitrogen and oxygen atoms in total. The van der Waals surface area contributed by atoms with Gasteiger partial charge in [-0.3, -0.25) is 0 Å². The number of nitrogens with zero attached hydrogens (tertiary/aromatic N) is 1. The molecule has 2 radical (unpaired) electrons. The van der Waals surface area contributed by atoms with Crippen molar-refractivity contribution in [2.24, 2.45) is 0 Å². The van der Waals surface area contributed by atoms with E-state index in [1.165, 1.54) is 11.2 Å². The summed E-state index contributed by atoms with van der Waals surface area (Å²) in [4.78, 5) is 13.5. The number of hydrogen-bond acceptors (Lipinski definition) is 5. The van der Waals surface area contributed by atoms with Crippen molar-refractivity contribution in [2.45, 2.75) is 0 Å². The Morgan fingerprint density at radius 1 is 1.32 bits per heavy atom. The average molecular weight is 322 g/mol. The van der Waals surface area contributed by atoms with Gasteiger partial charge in [0, 0.05) is 0 Å². The van der Waals surface area contributed by atoms with Gasteiger partial charge in [-0.25, -0.2) is 0 Å². The van der Waals surface area contributed by atoms with Gasteiger partial charge in [0.25, 0.3) is 0 Å². The van der Waals surface area contributed by atoms with E-state index in [1.807, 2.05) is 12.1 Å². The average Bonchev–Trinajstić information content (AvgIpc) is 2.98. The number of carbonyl (C=O) groups excluding carboxylic acids is 1. The minimum atomic E-state index is -0.985. The second-order valence-corrected chi connectivity index (χ2v) is 5.64. The van der Waals surface area contributed by atoms with Crippen molar-refractivity contribution in [3.05, 3.63) is 48.4 Å². The first-order chi connectivity index (χ1) is 9.22. The summed E-state index contributed by atoms with van der Waals surface area (Å²) < 4.78 is 10.5. The molecule has 1 N–H and O–H groups in total. The Morgan fingerprint density at radius 3 is 2.63 bits per heavy atom. The summed E-state index contributed by atoms with van der Waals surface area (Å²) in [5.41, 5.74) is 0.738. The van der Waals surface area contributed by atoms with Crippen molar-refractivity contribution in [2.75, 3.05) is 11.9 Å². The third-order valence-corrected chi connectivity index (χ3v) is 4.01. The first kappa shape index (κ1) is 13.8. The summed E-state index contributed by atoms with van der Waals surface area (Å²) in [6.07, 6.45) is 1.46. The van der Waals surface area contributed by atoms with Crippen molar-refractivity contribution < 1.29 is 23.4 Å². The summed E-state index contributed by atoms with van der Waals surface area (Å²) >= 11 is -0.985. The molecular weight excluding hydrogens is 311 g/mol. The van der Waals surface area contributed by atoms with E-state index in [2.05, 4.69) is 8.95 Å². The van der Waals surface area contributed by atoms with E-state index in [9.17, 15) is 4.79 Å². The Bertz CT molecular complexity index is 526. The number of hydrogen-bond donors (Lipinski definition) is 1. The fourth-order valence-corrected chi connectivity index (χ4v) is 2.42. The second-order valence-electron chi connectivity index (χ2n) is 3.65. The molecule has 0 aliphatic carbocycles. The number of furan rings is 1. The van der Waals surface area contributed by atoms with Crippen molar-refractivity contribution in [1.29, 1.82) is 0 Å². The molecule has 7 heteroatoms. The van der Waals surface area contributed by atoms with Gasteiger partial charge in [-0.15, -0.1) is 0 Å². The van der Waals surface area contributed by atoms with Gasteiger partial charge in [0.15, 0.2) is 0 Å². The predicted molar refractivity (Wildman–Crippen MR) is 68.1 cm³/mol. The van der Waals surface area contributed by atoms with Crippen LogP contribution in [0, 0.1) is 0 Å². The maximum absolute atomic E-state index is 12.0. The number of carbonyl (C=O) groups is 1. The summed E-state index contributed by atoms with van der Waals surface area (Å²) in [5, 5.41) is 11.7. The molecule has 1 heterocycles. The first-order valence-corrected chi connectivity index (χ1v) is 7.27. The molecule has 1 aromatic carbocycles. The molecule has 0 aliphatic heterocycles. The van der Waals surface area contributed by atoms with E-state index in [-0.39, 0.29) is 11.7 Å². The van der Waals surface area contributed by atoms with Crippen molar-refractivity contribution in [1.82, 2.24) is 0 Å². The fraction of sp³-hybridized carbons (Fsp3) is 0.0833. The van der Waals surface area contributed by atoms with Gasteiger partial charge >= 0.3 is 116 Å². The molecule has 0 spiro atoms. The third kappa shape index (κ3) is 3.45. The molecule has 19 heavy (non-hydrogen) atoms. The summed E-state index contributed by atoms with van der Waals surface area (Å²) in [6.45, 7) is 0. The van der Waals surface area contributed by atoms with E-state index in [0.29, 0.717) is 0 Å². The zero-order valence-corrected chi connectivity index (χ0v) is 12.2. The van der Waals surface area contributed by atoms with Gasteiger partial charge in [0.05, 0.1) is 0 Å². The quantitative estimate of drug-likeness (QED) is 0.509. The third-order valence-electron chi connectivity index (χ3n) is 2.49. The zero-order chi connectivity index (χ0) is 13.7. The first-order valence-electron chi connectivity index (χ1n) is 5.37. The SMILES string of the molecule is CN(C(=O)c1ccco1)c1cc[c]([Ge][O]OO)cc1. The molecule has 0 saturated carbocycles. The van der Waals surface area contributed by atoms with E-state index in [0.717, 1.165) is 10.1 Å². The standard InChI is InChI=1S/C12H11GeNO5/c1-14(12(15)11-3-2-8-17-11)10-6-4-9(5-7-10)13-18-19-16/h2-8,16H,1H3. The molecule has 0 saturated heterocycles. The van der Waals surface area contributed by atoms with Crippen LogP contribution in [0.1, 0.15) is 10.6 Å². The Balaban J connectivity index is 2.07. The van der Waals surface area contributed by atoms with Gasteiger partial charge in [-0.05, 0) is 0 Å². The number of benzene rings is 1. The second kappa shape index (κ2) is 6.53. The van der Waals surface area contributed by atoms with Crippen LogP contribution in [-0.2, 0) is 8.95 Å². The summed E-state index contributed by atoms with van der Waals surface area (Å²) in [7, 11) is 1.67. The molecule has 1 amide bonds. The van der Waals surface area contributed by atoms with Crippen LogP contribution in [0.2, 0.25) is 0 Å². The zero-order valence-electron chi connectivity index (χ0n) is 10.1.